The predicted molar refractivity (Wildman–Crippen MR) is 92.8 cm³/mol. The number of H-pyrrole nitrogens is 1. The quantitative estimate of drug-likeness (QED) is 0.877. The third kappa shape index (κ3) is 1.73. The summed E-state index contributed by atoms with van der Waals surface area (Å²) in [5.74, 6) is 0.101. The molecule has 3 aliphatic rings. The van der Waals surface area contributed by atoms with Crippen molar-refractivity contribution in [3.8, 4) is 0 Å². The normalized spacial score (nSPS) is 35.6. The van der Waals surface area contributed by atoms with Crippen molar-refractivity contribution >= 4 is 16.8 Å². The van der Waals surface area contributed by atoms with Gasteiger partial charge in [0.2, 0.25) is 0 Å². The Labute approximate surface area is 142 Å². The van der Waals surface area contributed by atoms with Gasteiger partial charge in [0.05, 0.1) is 5.52 Å². The molecule has 0 unspecified atom stereocenters. The molecule has 1 N–H and O–H groups in total. The fourth-order valence-electron chi connectivity index (χ4n) is 5.78. The number of piperidine rings is 1. The molecule has 1 aliphatic carbocycles. The Morgan fingerprint density at radius 2 is 2.08 bits per heavy atom. The fraction of sp³-hybridized carbons (Fsp3) is 0.579. The largest absolute Gasteiger partial charge is 0.332 e. The average Bonchev–Trinajstić information content (AvgIpc) is 3.12. The molecule has 126 valence electrons. The Morgan fingerprint density at radius 3 is 2.96 bits per heavy atom. The molecule has 1 saturated carbocycles. The van der Waals surface area contributed by atoms with Gasteiger partial charge in [0.15, 0.2) is 5.69 Å². The molecule has 4 atom stereocenters. The van der Waals surface area contributed by atoms with Gasteiger partial charge in [-0.3, -0.25) is 14.8 Å². The van der Waals surface area contributed by atoms with E-state index in [1.54, 1.807) is 0 Å². The fourth-order valence-corrected chi connectivity index (χ4v) is 5.78. The number of hydrogen-bond acceptors (Lipinski definition) is 3. The molecule has 2 aliphatic heterocycles. The number of carbonyl (C=O) groups is 1. The summed E-state index contributed by atoms with van der Waals surface area (Å²) in [6.07, 6.45) is 4.84. The Hall–Kier alpha value is -1.88. The number of para-hydroxylation sites is 1. The van der Waals surface area contributed by atoms with E-state index < -0.39 is 0 Å². The van der Waals surface area contributed by atoms with Gasteiger partial charge in [-0.1, -0.05) is 25.1 Å². The minimum absolute atomic E-state index is 0.101. The van der Waals surface area contributed by atoms with Crippen LogP contribution in [0.3, 0.4) is 0 Å². The SMILES string of the molecule is CN1[C@@H]2CN(C(=O)c3n[nH]c4ccccc34)[C@@H]3CCC[C@H]1[C@]3(C)C2. The van der Waals surface area contributed by atoms with Crippen LogP contribution in [0.25, 0.3) is 10.9 Å². The van der Waals surface area contributed by atoms with Crippen LogP contribution in [0.4, 0.5) is 0 Å². The number of fused-ring (bicyclic) bond motifs is 2. The molecule has 2 saturated heterocycles. The molecule has 1 aromatic heterocycles. The van der Waals surface area contributed by atoms with E-state index in [0.29, 0.717) is 23.8 Å². The molecule has 5 nitrogen and oxygen atoms in total. The predicted octanol–water partition coefficient (Wildman–Crippen LogP) is 2.65. The Bertz CT molecular complexity index is 815. The molecule has 2 bridgehead atoms. The molecule has 1 aromatic carbocycles. The first-order valence-corrected chi connectivity index (χ1v) is 9.05. The molecular weight excluding hydrogens is 300 g/mol. The number of likely N-dealkylation sites (tertiary alicyclic amines) is 2. The van der Waals surface area contributed by atoms with E-state index in [1.807, 2.05) is 24.3 Å². The summed E-state index contributed by atoms with van der Waals surface area (Å²) in [4.78, 5) is 18.1. The third-order valence-corrected chi connectivity index (χ3v) is 6.94. The standard InChI is InChI=1S/C19H24N4O/c1-19-10-12-11-23(16(19)9-5-8-15(19)22(12)2)18(24)17-13-6-3-4-7-14(13)20-21-17/h3-4,6-7,12,15-16H,5,8-11H2,1-2H3,(H,20,21)/t12-,15-,16+,19-/m0/s1. The van der Waals surface area contributed by atoms with Gasteiger partial charge in [-0.25, -0.2) is 0 Å². The van der Waals surface area contributed by atoms with Crippen LogP contribution in [0.1, 0.15) is 43.1 Å². The van der Waals surface area contributed by atoms with Gasteiger partial charge in [-0.15, -0.1) is 0 Å². The maximum atomic E-state index is 13.4. The highest BCUT2D eigenvalue weighted by Crippen LogP contribution is 2.53. The number of rotatable bonds is 1. The molecule has 24 heavy (non-hydrogen) atoms. The van der Waals surface area contributed by atoms with Crippen molar-refractivity contribution in [1.29, 1.82) is 0 Å². The van der Waals surface area contributed by atoms with Gasteiger partial charge in [0.25, 0.3) is 5.91 Å². The first-order valence-electron chi connectivity index (χ1n) is 9.05. The number of nitrogens with zero attached hydrogens (tertiary/aromatic N) is 3. The lowest BCUT2D eigenvalue weighted by Gasteiger charge is -2.50. The number of aromatic amines is 1. The summed E-state index contributed by atoms with van der Waals surface area (Å²) in [6, 6.07) is 9.36. The van der Waals surface area contributed by atoms with E-state index in [1.165, 1.54) is 19.3 Å². The topological polar surface area (TPSA) is 52.2 Å². The highest BCUT2D eigenvalue weighted by molar-refractivity contribution is 6.04. The second kappa shape index (κ2) is 4.82. The van der Waals surface area contributed by atoms with Gasteiger partial charge in [0, 0.05) is 35.5 Å². The minimum Gasteiger partial charge on any atom is -0.332 e. The van der Waals surface area contributed by atoms with Crippen LogP contribution in [-0.4, -0.2) is 57.6 Å². The van der Waals surface area contributed by atoms with Crippen LogP contribution >= 0.6 is 0 Å². The summed E-state index contributed by atoms with van der Waals surface area (Å²) >= 11 is 0. The molecule has 3 fully saturated rings. The molecule has 3 heterocycles. The minimum atomic E-state index is 0.101. The van der Waals surface area contributed by atoms with Crippen molar-refractivity contribution in [2.75, 3.05) is 13.6 Å². The van der Waals surface area contributed by atoms with Crippen LogP contribution < -0.4 is 0 Å². The first-order chi connectivity index (χ1) is 11.6. The zero-order valence-corrected chi connectivity index (χ0v) is 14.3. The third-order valence-electron chi connectivity index (χ3n) is 6.94. The van der Waals surface area contributed by atoms with E-state index >= 15 is 0 Å². The molecule has 2 aromatic rings. The van der Waals surface area contributed by atoms with E-state index in [-0.39, 0.29) is 11.3 Å². The van der Waals surface area contributed by atoms with Crippen molar-refractivity contribution in [2.45, 2.75) is 50.7 Å². The molecule has 0 spiro atoms. The van der Waals surface area contributed by atoms with Crippen LogP contribution in [0.15, 0.2) is 24.3 Å². The van der Waals surface area contributed by atoms with Crippen molar-refractivity contribution in [2.24, 2.45) is 5.41 Å². The zero-order chi connectivity index (χ0) is 16.5. The van der Waals surface area contributed by atoms with Crippen LogP contribution in [0.5, 0.6) is 0 Å². The van der Waals surface area contributed by atoms with Gasteiger partial charge in [-0.05, 0) is 38.8 Å². The van der Waals surface area contributed by atoms with Gasteiger partial charge >= 0.3 is 0 Å². The maximum absolute atomic E-state index is 13.4. The zero-order valence-electron chi connectivity index (χ0n) is 14.3. The second-order valence-electron chi connectivity index (χ2n) is 8.07. The highest BCUT2D eigenvalue weighted by Gasteiger charge is 2.59. The number of benzene rings is 1. The number of carbonyl (C=O) groups excluding carboxylic acids is 1. The number of likely N-dealkylation sites (N-methyl/N-ethyl adjacent to an activating group) is 1. The summed E-state index contributed by atoms with van der Waals surface area (Å²) in [6.45, 7) is 3.24. The lowest BCUT2D eigenvalue weighted by Crippen LogP contribution is -2.57. The monoisotopic (exact) mass is 324 g/mol. The number of hydrogen-bond donors (Lipinski definition) is 1. The number of aromatic nitrogens is 2. The molecule has 5 heteroatoms. The van der Waals surface area contributed by atoms with Gasteiger partial charge < -0.3 is 4.90 Å². The highest BCUT2D eigenvalue weighted by atomic mass is 16.2. The average molecular weight is 324 g/mol. The van der Waals surface area contributed by atoms with Gasteiger partial charge in [0.1, 0.15) is 0 Å². The van der Waals surface area contributed by atoms with E-state index in [9.17, 15) is 4.79 Å². The van der Waals surface area contributed by atoms with Crippen molar-refractivity contribution in [3.63, 3.8) is 0 Å². The number of amides is 1. The number of nitrogens with one attached hydrogen (secondary N) is 1. The van der Waals surface area contributed by atoms with Crippen LogP contribution in [-0.2, 0) is 0 Å². The first kappa shape index (κ1) is 14.5. The smallest absolute Gasteiger partial charge is 0.275 e. The molecule has 1 amide bonds. The lowest BCUT2D eigenvalue weighted by atomic mass is 9.65. The Morgan fingerprint density at radius 1 is 1.29 bits per heavy atom. The molecule has 5 rings (SSSR count). The molecule has 0 radical (unpaired) electrons. The van der Waals surface area contributed by atoms with Crippen molar-refractivity contribution in [1.82, 2.24) is 20.0 Å². The summed E-state index contributed by atoms with van der Waals surface area (Å²) in [7, 11) is 2.25. The van der Waals surface area contributed by atoms with E-state index in [4.69, 9.17) is 0 Å². The van der Waals surface area contributed by atoms with Crippen molar-refractivity contribution < 1.29 is 4.79 Å². The second-order valence-corrected chi connectivity index (χ2v) is 8.07. The van der Waals surface area contributed by atoms with Gasteiger partial charge in [-0.2, -0.15) is 5.10 Å². The van der Waals surface area contributed by atoms with Crippen LogP contribution in [0, 0.1) is 5.41 Å². The summed E-state index contributed by atoms with van der Waals surface area (Å²) in [5, 5.41) is 8.31. The lowest BCUT2D eigenvalue weighted by molar-refractivity contribution is 0.0114. The maximum Gasteiger partial charge on any atom is 0.275 e. The van der Waals surface area contributed by atoms with Crippen molar-refractivity contribution in [3.05, 3.63) is 30.0 Å². The van der Waals surface area contributed by atoms with Crippen LogP contribution in [0.2, 0.25) is 0 Å². The molecular formula is C19H24N4O. The van der Waals surface area contributed by atoms with E-state index in [0.717, 1.165) is 23.9 Å². The van der Waals surface area contributed by atoms with E-state index in [2.05, 4.69) is 34.0 Å². The summed E-state index contributed by atoms with van der Waals surface area (Å²) in [5.41, 5.74) is 1.75. The summed E-state index contributed by atoms with van der Waals surface area (Å²) < 4.78 is 0. The Kier molecular flexibility index (Phi) is 2.90. The Balaban J connectivity index is 1.56.